The number of anilines is 1. The summed E-state index contributed by atoms with van der Waals surface area (Å²) in [5.74, 6) is -0.102. The molecule has 1 fully saturated rings. The van der Waals surface area contributed by atoms with Crippen molar-refractivity contribution in [1.29, 1.82) is 0 Å². The first-order valence-corrected chi connectivity index (χ1v) is 9.41. The van der Waals surface area contributed by atoms with Gasteiger partial charge in [-0.2, -0.15) is 0 Å². The van der Waals surface area contributed by atoms with E-state index in [1.165, 1.54) is 23.8 Å². The van der Waals surface area contributed by atoms with Crippen molar-refractivity contribution in [2.75, 3.05) is 18.6 Å². The number of ether oxygens (including phenoxy) is 2. The summed E-state index contributed by atoms with van der Waals surface area (Å²) >= 11 is 12.5. The number of thioether (sulfide) groups is 1. The van der Waals surface area contributed by atoms with Crippen molar-refractivity contribution in [1.82, 2.24) is 0 Å². The quantitative estimate of drug-likeness (QED) is 0.409. The molecule has 2 aromatic rings. The Balaban J connectivity index is 1.73. The van der Waals surface area contributed by atoms with Gasteiger partial charge < -0.3 is 9.47 Å². The zero-order valence-corrected chi connectivity index (χ0v) is 16.6. The van der Waals surface area contributed by atoms with Crippen LogP contribution in [0.15, 0.2) is 53.4 Å². The van der Waals surface area contributed by atoms with E-state index >= 15 is 0 Å². The first-order valence-electron chi connectivity index (χ1n) is 7.81. The summed E-state index contributed by atoms with van der Waals surface area (Å²) in [6.07, 6.45) is 1.76. The number of methoxy groups -OCH3 is 1. The number of rotatable bonds is 5. The highest BCUT2D eigenvalue weighted by atomic mass is 35.5. The topological polar surface area (TPSA) is 55.8 Å². The second kappa shape index (κ2) is 8.56. The number of hydrogen-bond acceptors (Lipinski definition) is 6. The third-order valence-corrected chi connectivity index (χ3v) is 5.19. The zero-order chi connectivity index (χ0) is 19.4. The Bertz CT molecular complexity index is 910. The number of thiocarbonyl (C=S) groups is 1. The van der Waals surface area contributed by atoms with Gasteiger partial charge in [0.05, 0.1) is 17.7 Å². The van der Waals surface area contributed by atoms with Gasteiger partial charge in [-0.05, 0) is 48.0 Å². The first kappa shape index (κ1) is 19.4. The fraction of sp³-hybridized carbons (Fsp3) is 0.105. The summed E-state index contributed by atoms with van der Waals surface area (Å²) in [5.41, 5.74) is 1.49. The lowest BCUT2D eigenvalue weighted by Gasteiger charge is -2.14. The van der Waals surface area contributed by atoms with Crippen LogP contribution in [-0.4, -0.2) is 29.9 Å². The number of benzene rings is 2. The maximum atomic E-state index is 12.7. The van der Waals surface area contributed by atoms with Gasteiger partial charge in [0.1, 0.15) is 5.75 Å². The molecule has 1 amide bonds. The van der Waals surface area contributed by atoms with Crippen LogP contribution in [0.5, 0.6) is 5.75 Å². The predicted molar refractivity (Wildman–Crippen MR) is 111 cm³/mol. The fourth-order valence-corrected chi connectivity index (χ4v) is 3.72. The molecule has 0 aromatic heterocycles. The summed E-state index contributed by atoms with van der Waals surface area (Å²) in [4.78, 5) is 25.8. The van der Waals surface area contributed by atoms with Gasteiger partial charge >= 0.3 is 5.97 Å². The molecule has 0 N–H and O–H groups in total. The molecular formula is C19H14ClNO4S2. The highest BCUT2D eigenvalue weighted by Crippen LogP contribution is 2.36. The molecule has 0 atom stereocenters. The van der Waals surface area contributed by atoms with E-state index < -0.39 is 5.97 Å². The molecule has 0 saturated carbocycles. The Morgan fingerprint density at radius 2 is 1.85 bits per heavy atom. The smallest absolute Gasteiger partial charge is 0.343 e. The number of halogens is 1. The van der Waals surface area contributed by atoms with E-state index in [-0.39, 0.29) is 12.5 Å². The number of carbonyl (C=O) groups is 2. The minimum absolute atomic E-state index is 0.157. The highest BCUT2D eigenvalue weighted by Gasteiger charge is 2.33. The van der Waals surface area contributed by atoms with E-state index in [1.807, 2.05) is 0 Å². The Morgan fingerprint density at radius 3 is 2.48 bits per heavy atom. The van der Waals surface area contributed by atoms with Gasteiger partial charge in [0.15, 0.2) is 10.9 Å². The second-order valence-electron chi connectivity index (χ2n) is 5.43. The molecule has 0 unspecified atom stereocenters. The van der Waals surface area contributed by atoms with Crippen molar-refractivity contribution < 1.29 is 19.1 Å². The molecule has 1 heterocycles. The van der Waals surface area contributed by atoms with Crippen molar-refractivity contribution in [3.05, 3.63) is 64.0 Å². The standard InChI is InChI=1S/C19H14ClNO4S2/c1-24-17(22)11-25-15-8-2-12(3-9-15)10-16-18(23)21(19(26)27-16)14-6-4-13(20)5-7-14/h2-10H,11H2,1H3/b16-10+. The average molecular weight is 420 g/mol. The van der Waals surface area contributed by atoms with Crippen molar-refractivity contribution in [2.45, 2.75) is 0 Å². The van der Waals surface area contributed by atoms with Crippen LogP contribution in [0.2, 0.25) is 5.02 Å². The Labute approximate surface area is 170 Å². The van der Waals surface area contributed by atoms with Crippen molar-refractivity contribution >= 4 is 63.5 Å². The third-order valence-electron chi connectivity index (χ3n) is 3.64. The van der Waals surface area contributed by atoms with E-state index in [0.717, 1.165) is 5.56 Å². The summed E-state index contributed by atoms with van der Waals surface area (Å²) < 4.78 is 10.3. The SMILES string of the molecule is COC(=O)COc1ccc(/C=C2/SC(=S)N(c3ccc(Cl)cc3)C2=O)cc1. The van der Waals surface area contributed by atoms with E-state index in [1.54, 1.807) is 54.6 Å². The van der Waals surface area contributed by atoms with E-state index in [9.17, 15) is 9.59 Å². The molecule has 138 valence electrons. The van der Waals surface area contributed by atoms with Crippen LogP contribution in [0.4, 0.5) is 5.69 Å². The lowest BCUT2D eigenvalue weighted by Crippen LogP contribution is -2.27. The molecule has 1 aliphatic rings. The average Bonchev–Trinajstić information content (AvgIpc) is 2.95. The van der Waals surface area contributed by atoms with Crippen LogP contribution in [0.1, 0.15) is 5.56 Å². The van der Waals surface area contributed by atoms with Gasteiger partial charge in [-0.25, -0.2) is 4.79 Å². The molecule has 8 heteroatoms. The van der Waals surface area contributed by atoms with Crippen molar-refractivity contribution in [2.24, 2.45) is 0 Å². The monoisotopic (exact) mass is 419 g/mol. The third kappa shape index (κ3) is 4.68. The number of amides is 1. The highest BCUT2D eigenvalue weighted by molar-refractivity contribution is 8.27. The van der Waals surface area contributed by atoms with Crippen molar-refractivity contribution in [3.8, 4) is 5.75 Å². The molecule has 2 aromatic carbocycles. The van der Waals surface area contributed by atoms with Crippen molar-refractivity contribution in [3.63, 3.8) is 0 Å². The summed E-state index contributed by atoms with van der Waals surface area (Å²) in [5, 5.41) is 0.592. The molecule has 5 nitrogen and oxygen atoms in total. The van der Waals surface area contributed by atoms with Gasteiger partial charge in [-0.1, -0.05) is 47.7 Å². The molecule has 0 bridgehead atoms. The van der Waals surface area contributed by atoms with Gasteiger partial charge in [0.2, 0.25) is 0 Å². The molecular weight excluding hydrogens is 406 g/mol. The van der Waals surface area contributed by atoms with Gasteiger partial charge in [-0.15, -0.1) is 0 Å². The molecule has 1 saturated heterocycles. The molecule has 27 heavy (non-hydrogen) atoms. The summed E-state index contributed by atoms with van der Waals surface area (Å²) in [6, 6.07) is 14.0. The minimum Gasteiger partial charge on any atom is -0.482 e. The van der Waals surface area contributed by atoms with Crippen LogP contribution in [0.25, 0.3) is 6.08 Å². The van der Waals surface area contributed by atoms with Gasteiger partial charge in [-0.3, -0.25) is 9.69 Å². The van der Waals surface area contributed by atoms with Crippen LogP contribution >= 0.6 is 35.6 Å². The number of carbonyl (C=O) groups excluding carboxylic acids is 2. The minimum atomic E-state index is -0.454. The van der Waals surface area contributed by atoms with E-state index in [4.69, 9.17) is 28.6 Å². The lowest BCUT2D eigenvalue weighted by atomic mass is 10.2. The van der Waals surface area contributed by atoms with E-state index in [2.05, 4.69) is 4.74 Å². The molecule has 0 aliphatic carbocycles. The Hall–Kier alpha value is -2.35. The van der Waals surface area contributed by atoms with Crippen LogP contribution in [0.3, 0.4) is 0 Å². The van der Waals surface area contributed by atoms with Gasteiger partial charge in [0.25, 0.3) is 5.91 Å². The van der Waals surface area contributed by atoms with Gasteiger partial charge in [0, 0.05) is 5.02 Å². The molecule has 3 rings (SSSR count). The molecule has 0 radical (unpaired) electrons. The first-order chi connectivity index (χ1) is 13.0. The Kier molecular flexibility index (Phi) is 6.15. The maximum Gasteiger partial charge on any atom is 0.343 e. The number of esters is 1. The molecule has 1 aliphatic heterocycles. The fourth-order valence-electron chi connectivity index (χ4n) is 2.29. The predicted octanol–water partition coefficient (Wildman–Crippen LogP) is 4.30. The van der Waals surface area contributed by atoms with E-state index in [0.29, 0.717) is 25.7 Å². The Morgan fingerprint density at radius 1 is 1.19 bits per heavy atom. The summed E-state index contributed by atoms with van der Waals surface area (Å²) in [7, 11) is 1.30. The van der Waals surface area contributed by atoms with Crippen LogP contribution in [-0.2, 0) is 14.3 Å². The lowest BCUT2D eigenvalue weighted by molar-refractivity contribution is -0.142. The maximum absolute atomic E-state index is 12.7. The van der Waals surface area contributed by atoms with Crippen LogP contribution in [0, 0.1) is 0 Å². The normalized spacial score (nSPS) is 15.3. The van der Waals surface area contributed by atoms with Crippen LogP contribution < -0.4 is 9.64 Å². The number of nitrogens with zero attached hydrogens (tertiary/aromatic N) is 1. The molecule has 0 spiro atoms. The number of hydrogen-bond donors (Lipinski definition) is 0. The zero-order valence-electron chi connectivity index (χ0n) is 14.2. The second-order valence-corrected chi connectivity index (χ2v) is 7.54. The summed E-state index contributed by atoms with van der Waals surface area (Å²) in [6.45, 7) is -0.157. The largest absolute Gasteiger partial charge is 0.482 e.